The number of carbonyl (C=O) groups excluding carboxylic acids is 1. The van der Waals surface area contributed by atoms with Crippen molar-refractivity contribution >= 4 is 23.2 Å². The number of hydrogen-bond donors (Lipinski definition) is 1. The van der Waals surface area contributed by atoms with Gasteiger partial charge in [0.05, 0.1) is 11.9 Å². The molecule has 0 bridgehead atoms. The fraction of sp³-hybridized carbons (Fsp3) is 0.450. The molecule has 1 amide bonds. The summed E-state index contributed by atoms with van der Waals surface area (Å²) < 4.78 is 1.48. The van der Waals surface area contributed by atoms with E-state index in [4.69, 9.17) is 11.6 Å². The summed E-state index contributed by atoms with van der Waals surface area (Å²) in [5, 5.41) is 7.89. The van der Waals surface area contributed by atoms with Gasteiger partial charge in [-0.1, -0.05) is 36.7 Å². The van der Waals surface area contributed by atoms with E-state index in [9.17, 15) is 9.59 Å². The molecule has 0 radical (unpaired) electrons. The third-order valence-corrected chi connectivity index (χ3v) is 5.30. The molecule has 1 aliphatic rings. The van der Waals surface area contributed by atoms with Crippen LogP contribution in [0.1, 0.15) is 31.7 Å². The Balaban J connectivity index is 1.52. The maximum Gasteiger partial charge on any atom is 0.268 e. The van der Waals surface area contributed by atoms with Crippen LogP contribution in [0.2, 0.25) is 5.02 Å². The maximum atomic E-state index is 12.5. The molecule has 0 unspecified atom stereocenters. The number of aromatic nitrogens is 2. The zero-order valence-electron chi connectivity index (χ0n) is 15.5. The summed E-state index contributed by atoms with van der Waals surface area (Å²) >= 11 is 6.13. The van der Waals surface area contributed by atoms with Gasteiger partial charge in [0.25, 0.3) is 5.56 Å². The number of nitrogens with one attached hydrogen (secondary N) is 1. The molecule has 0 aliphatic carbocycles. The van der Waals surface area contributed by atoms with Crippen molar-refractivity contribution in [2.45, 2.75) is 39.3 Å². The maximum absolute atomic E-state index is 12.5. The molecular weight excluding hydrogens is 364 g/mol. The summed E-state index contributed by atoms with van der Waals surface area (Å²) in [5.41, 5.74) is 1.68. The van der Waals surface area contributed by atoms with Crippen molar-refractivity contribution in [1.82, 2.24) is 15.1 Å². The molecule has 2 heterocycles. The van der Waals surface area contributed by atoms with E-state index in [1.165, 1.54) is 4.68 Å². The predicted molar refractivity (Wildman–Crippen MR) is 107 cm³/mol. The smallest absolute Gasteiger partial charge is 0.268 e. The average Bonchev–Trinajstić information content (AvgIpc) is 2.69. The monoisotopic (exact) mass is 388 g/mol. The Morgan fingerprint density at radius 2 is 2.04 bits per heavy atom. The Bertz CT molecular complexity index is 844. The zero-order chi connectivity index (χ0) is 19.2. The number of benzene rings is 1. The van der Waals surface area contributed by atoms with Gasteiger partial charge in [0.1, 0.15) is 0 Å². The Morgan fingerprint density at radius 1 is 1.30 bits per heavy atom. The molecule has 1 aromatic heterocycles. The third-order valence-electron chi connectivity index (χ3n) is 4.93. The van der Waals surface area contributed by atoms with Crippen molar-refractivity contribution in [3.8, 4) is 0 Å². The molecule has 0 saturated carbocycles. The van der Waals surface area contributed by atoms with Crippen molar-refractivity contribution in [3.63, 3.8) is 0 Å². The number of rotatable bonds is 6. The highest BCUT2D eigenvalue weighted by atomic mass is 35.5. The molecule has 1 aromatic carbocycles. The topological polar surface area (TPSA) is 67.2 Å². The highest BCUT2D eigenvalue weighted by Gasteiger charge is 2.25. The average molecular weight is 389 g/mol. The summed E-state index contributed by atoms with van der Waals surface area (Å²) in [6.07, 6.45) is 4.13. The summed E-state index contributed by atoms with van der Waals surface area (Å²) in [4.78, 5) is 26.7. The lowest BCUT2D eigenvalue weighted by molar-refractivity contribution is -0.125. The second kappa shape index (κ2) is 9.04. The van der Waals surface area contributed by atoms with Gasteiger partial charge in [-0.2, -0.15) is 5.10 Å². The number of hydrogen-bond acceptors (Lipinski definition) is 4. The Kier molecular flexibility index (Phi) is 6.50. The van der Waals surface area contributed by atoms with E-state index < -0.39 is 0 Å². The van der Waals surface area contributed by atoms with Crippen molar-refractivity contribution in [2.75, 3.05) is 18.0 Å². The lowest BCUT2D eigenvalue weighted by Crippen LogP contribution is -2.41. The number of halogens is 1. The van der Waals surface area contributed by atoms with E-state index in [1.807, 2.05) is 31.2 Å². The van der Waals surface area contributed by atoms with Crippen LogP contribution >= 0.6 is 11.6 Å². The standard InChI is InChI=1S/C20H25ClN4O2/c1-2-9-25-19(26)12-17(14-23-25)24-10-7-15(8-11-24)20(27)22-13-16-5-3-4-6-18(16)21/h3-6,12,14-15H,2,7-11,13H2,1H3,(H,22,27). The van der Waals surface area contributed by atoms with Gasteiger partial charge >= 0.3 is 0 Å². The lowest BCUT2D eigenvalue weighted by Gasteiger charge is -2.32. The van der Waals surface area contributed by atoms with Crippen molar-refractivity contribution in [3.05, 3.63) is 57.5 Å². The molecule has 1 N–H and O–H groups in total. The van der Waals surface area contributed by atoms with Crippen LogP contribution in [0.5, 0.6) is 0 Å². The van der Waals surface area contributed by atoms with Gasteiger partial charge in [-0.15, -0.1) is 0 Å². The van der Waals surface area contributed by atoms with E-state index >= 15 is 0 Å². The normalized spacial score (nSPS) is 15.0. The second-order valence-corrected chi connectivity index (χ2v) is 7.25. The minimum absolute atomic E-state index is 0.0165. The molecule has 3 rings (SSSR count). The number of piperidine rings is 1. The van der Waals surface area contributed by atoms with Crippen LogP contribution in [0.3, 0.4) is 0 Å². The van der Waals surface area contributed by atoms with E-state index in [1.54, 1.807) is 12.3 Å². The first-order valence-corrected chi connectivity index (χ1v) is 9.79. The molecule has 6 nitrogen and oxygen atoms in total. The van der Waals surface area contributed by atoms with Crippen LogP contribution in [0, 0.1) is 5.92 Å². The van der Waals surface area contributed by atoms with Crippen LogP contribution in [0.4, 0.5) is 5.69 Å². The molecule has 0 spiro atoms. The predicted octanol–water partition coefficient (Wildman–Crippen LogP) is 2.84. The number of nitrogens with zero attached hydrogens (tertiary/aromatic N) is 3. The molecule has 7 heteroatoms. The Morgan fingerprint density at radius 3 is 2.70 bits per heavy atom. The van der Waals surface area contributed by atoms with E-state index in [-0.39, 0.29) is 17.4 Å². The quantitative estimate of drug-likeness (QED) is 0.826. The first-order chi connectivity index (χ1) is 13.1. The van der Waals surface area contributed by atoms with E-state index in [2.05, 4.69) is 15.3 Å². The molecule has 27 heavy (non-hydrogen) atoms. The molecular formula is C20H25ClN4O2. The Hall–Kier alpha value is -2.34. The molecule has 1 saturated heterocycles. The zero-order valence-corrected chi connectivity index (χ0v) is 16.3. The summed E-state index contributed by atoms with van der Waals surface area (Å²) in [7, 11) is 0. The second-order valence-electron chi connectivity index (χ2n) is 6.85. The molecule has 144 valence electrons. The fourth-order valence-electron chi connectivity index (χ4n) is 3.35. The highest BCUT2D eigenvalue weighted by molar-refractivity contribution is 6.31. The minimum Gasteiger partial charge on any atom is -0.370 e. The molecule has 0 atom stereocenters. The van der Waals surface area contributed by atoms with E-state index in [0.717, 1.165) is 43.6 Å². The lowest BCUT2D eigenvalue weighted by atomic mass is 9.95. The number of amides is 1. The van der Waals surface area contributed by atoms with Crippen molar-refractivity contribution in [2.24, 2.45) is 5.92 Å². The number of carbonyl (C=O) groups is 1. The van der Waals surface area contributed by atoms with Gasteiger partial charge in [0.2, 0.25) is 5.91 Å². The van der Waals surface area contributed by atoms with Crippen molar-refractivity contribution < 1.29 is 4.79 Å². The molecule has 1 aliphatic heterocycles. The van der Waals surface area contributed by atoms with Gasteiger partial charge in [-0.25, -0.2) is 4.68 Å². The van der Waals surface area contributed by atoms with Crippen molar-refractivity contribution in [1.29, 1.82) is 0 Å². The highest BCUT2D eigenvalue weighted by Crippen LogP contribution is 2.22. The van der Waals surface area contributed by atoms with Gasteiger partial charge in [0, 0.05) is 43.2 Å². The summed E-state index contributed by atoms with van der Waals surface area (Å²) in [6.45, 7) is 4.57. The SMILES string of the molecule is CCCn1ncc(N2CCC(C(=O)NCc3ccccc3Cl)CC2)cc1=O. The van der Waals surface area contributed by atoms with E-state index in [0.29, 0.717) is 18.1 Å². The molecule has 2 aromatic rings. The van der Waals surface area contributed by atoms with Crippen LogP contribution in [0.25, 0.3) is 0 Å². The first-order valence-electron chi connectivity index (χ1n) is 9.41. The third kappa shape index (κ3) is 4.89. The largest absolute Gasteiger partial charge is 0.370 e. The van der Waals surface area contributed by atoms with Gasteiger partial charge in [-0.3, -0.25) is 9.59 Å². The van der Waals surface area contributed by atoms with Crippen LogP contribution in [0.15, 0.2) is 41.3 Å². The van der Waals surface area contributed by atoms with Gasteiger partial charge < -0.3 is 10.2 Å². The minimum atomic E-state index is -0.0750. The van der Waals surface area contributed by atoms with Crippen LogP contribution in [-0.2, 0) is 17.9 Å². The Labute approximate surface area is 164 Å². The van der Waals surface area contributed by atoms with Gasteiger partial charge in [0.15, 0.2) is 0 Å². The number of anilines is 1. The van der Waals surface area contributed by atoms with Crippen LogP contribution in [-0.4, -0.2) is 28.8 Å². The first kappa shape index (κ1) is 19.4. The fourth-order valence-corrected chi connectivity index (χ4v) is 3.55. The van der Waals surface area contributed by atoms with Crippen LogP contribution < -0.4 is 15.8 Å². The van der Waals surface area contributed by atoms with Gasteiger partial charge in [-0.05, 0) is 30.9 Å². The summed E-state index contributed by atoms with van der Waals surface area (Å²) in [5.74, 6) is 0.0446. The number of aryl methyl sites for hydroxylation is 1. The molecule has 1 fully saturated rings. The summed E-state index contributed by atoms with van der Waals surface area (Å²) in [6, 6.07) is 9.16.